The molecule has 4 heteroatoms. The van der Waals surface area contributed by atoms with E-state index in [2.05, 4.69) is 11.9 Å². The molecule has 1 heterocycles. The molecule has 1 aliphatic rings. The fourth-order valence-corrected chi connectivity index (χ4v) is 3.40. The van der Waals surface area contributed by atoms with Crippen molar-refractivity contribution in [3.63, 3.8) is 0 Å². The van der Waals surface area contributed by atoms with E-state index in [0.29, 0.717) is 5.92 Å². The van der Waals surface area contributed by atoms with Crippen molar-refractivity contribution in [3.05, 3.63) is 16.1 Å². The lowest BCUT2D eigenvalue weighted by atomic mass is 9.80. The molecule has 0 spiro atoms. The number of nitrogens with zero attached hydrogens (tertiary/aromatic N) is 1. The Balaban J connectivity index is 2.08. The van der Waals surface area contributed by atoms with Gasteiger partial charge in [-0.15, -0.1) is 11.3 Å². The maximum atomic E-state index is 10.8. The number of aromatic carboxylic acids is 1. The first-order valence-corrected chi connectivity index (χ1v) is 6.77. The summed E-state index contributed by atoms with van der Waals surface area (Å²) in [6.45, 7) is 2.23. The maximum absolute atomic E-state index is 10.8. The fourth-order valence-electron chi connectivity index (χ4n) is 2.46. The summed E-state index contributed by atoms with van der Waals surface area (Å²) in [6.07, 6.45) is 6.16. The summed E-state index contributed by atoms with van der Waals surface area (Å²) in [5, 5.41) is 11.5. The molecule has 0 bridgehead atoms. The lowest BCUT2D eigenvalue weighted by Crippen LogP contribution is -2.13. The number of carbonyl (C=O) groups is 1. The number of hydrogen-bond donors (Lipinski definition) is 1. The van der Waals surface area contributed by atoms with Crippen LogP contribution in [0.2, 0.25) is 0 Å². The first-order chi connectivity index (χ1) is 7.70. The van der Waals surface area contributed by atoms with Crippen LogP contribution in [-0.2, 0) is 0 Å². The van der Waals surface area contributed by atoms with Crippen molar-refractivity contribution in [1.82, 2.24) is 4.98 Å². The standard InChI is InChI=1S/C12H17NO2S/c1-2-8-4-3-5-9(6-8)11-13-10(7-16-11)12(14)15/h7-9H,2-6H2,1H3,(H,14,15). The van der Waals surface area contributed by atoms with E-state index in [1.54, 1.807) is 5.38 Å². The smallest absolute Gasteiger partial charge is 0.355 e. The van der Waals surface area contributed by atoms with Gasteiger partial charge in [-0.1, -0.05) is 26.2 Å². The average Bonchev–Trinajstić information content (AvgIpc) is 2.78. The molecular formula is C12H17NO2S. The second-order valence-electron chi connectivity index (χ2n) is 4.51. The molecule has 1 N–H and O–H groups in total. The summed E-state index contributed by atoms with van der Waals surface area (Å²) in [5.41, 5.74) is 0.207. The molecule has 1 aromatic rings. The van der Waals surface area contributed by atoms with Crippen LogP contribution in [0, 0.1) is 5.92 Å². The molecule has 0 radical (unpaired) electrons. The topological polar surface area (TPSA) is 50.2 Å². The number of carboxylic acids is 1. The number of thiazole rings is 1. The highest BCUT2D eigenvalue weighted by molar-refractivity contribution is 7.09. The number of carboxylic acid groups (broad SMARTS) is 1. The van der Waals surface area contributed by atoms with Crippen LogP contribution in [0.5, 0.6) is 0 Å². The van der Waals surface area contributed by atoms with Crippen LogP contribution in [0.4, 0.5) is 0 Å². The van der Waals surface area contributed by atoms with Crippen LogP contribution >= 0.6 is 11.3 Å². The Bertz CT molecular complexity index is 375. The Morgan fingerprint density at radius 3 is 3.06 bits per heavy atom. The van der Waals surface area contributed by atoms with E-state index in [0.717, 1.165) is 10.9 Å². The zero-order valence-corrected chi connectivity index (χ0v) is 10.3. The summed E-state index contributed by atoms with van der Waals surface area (Å²) < 4.78 is 0. The van der Waals surface area contributed by atoms with Crippen molar-refractivity contribution in [2.45, 2.75) is 44.9 Å². The van der Waals surface area contributed by atoms with Gasteiger partial charge in [0.2, 0.25) is 0 Å². The second kappa shape index (κ2) is 4.95. The second-order valence-corrected chi connectivity index (χ2v) is 5.40. The molecule has 0 amide bonds. The van der Waals surface area contributed by atoms with Gasteiger partial charge < -0.3 is 5.11 Å². The third-order valence-electron chi connectivity index (χ3n) is 3.45. The van der Waals surface area contributed by atoms with E-state index in [4.69, 9.17) is 5.11 Å². The third-order valence-corrected chi connectivity index (χ3v) is 4.46. The summed E-state index contributed by atoms with van der Waals surface area (Å²) in [7, 11) is 0. The van der Waals surface area contributed by atoms with Gasteiger partial charge in [0.25, 0.3) is 0 Å². The predicted molar refractivity (Wildman–Crippen MR) is 64.1 cm³/mol. The first-order valence-electron chi connectivity index (χ1n) is 5.89. The molecule has 1 aromatic heterocycles. The molecule has 88 valence electrons. The zero-order chi connectivity index (χ0) is 11.5. The Labute approximate surface area is 99.5 Å². The molecule has 2 rings (SSSR count). The molecule has 0 aromatic carbocycles. The molecule has 2 atom stereocenters. The third kappa shape index (κ3) is 2.43. The van der Waals surface area contributed by atoms with E-state index in [1.165, 1.54) is 43.4 Å². The molecule has 0 saturated heterocycles. The monoisotopic (exact) mass is 239 g/mol. The highest BCUT2D eigenvalue weighted by Gasteiger charge is 2.24. The summed E-state index contributed by atoms with van der Waals surface area (Å²) in [4.78, 5) is 15.0. The van der Waals surface area contributed by atoms with Crippen molar-refractivity contribution in [1.29, 1.82) is 0 Å². The van der Waals surface area contributed by atoms with Crippen LogP contribution in [0.3, 0.4) is 0 Å². The van der Waals surface area contributed by atoms with E-state index in [9.17, 15) is 4.79 Å². The highest BCUT2D eigenvalue weighted by Crippen LogP contribution is 2.38. The van der Waals surface area contributed by atoms with Crippen LogP contribution in [0.25, 0.3) is 0 Å². The summed E-state index contributed by atoms with van der Waals surface area (Å²) in [5.74, 6) is 0.387. The van der Waals surface area contributed by atoms with Crippen LogP contribution in [0.15, 0.2) is 5.38 Å². The minimum Gasteiger partial charge on any atom is -0.476 e. The minimum atomic E-state index is -0.912. The van der Waals surface area contributed by atoms with Crippen molar-refractivity contribution < 1.29 is 9.90 Å². The van der Waals surface area contributed by atoms with Crippen LogP contribution in [0.1, 0.15) is 60.4 Å². The van der Waals surface area contributed by atoms with E-state index in [1.807, 2.05) is 0 Å². The Morgan fingerprint density at radius 2 is 2.44 bits per heavy atom. The first kappa shape index (κ1) is 11.6. The van der Waals surface area contributed by atoms with Gasteiger partial charge in [-0.25, -0.2) is 9.78 Å². The zero-order valence-electron chi connectivity index (χ0n) is 9.48. The van der Waals surface area contributed by atoms with Gasteiger partial charge in [0.15, 0.2) is 5.69 Å². The van der Waals surface area contributed by atoms with Gasteiger partial charge in [0.05, 0.1) is 5.01 Å². The maximum Gasteiger partial charge on any atom is 0.355 e. The molecule has 1 saturated carbocycles. The van der Waals surface area contributed by atoms with Gasteiger partial charge in [0, 0.05) is 11.3 Å². The summed E-state index contributed by atoms with van der Waals surface area (Å²) in [6, 6.07) is 0. The number of hydrogen-bond acceptors (Lipinski definition) is 3. The minimum absolute atomic E-state index is 0.207. The highest BCUT2D eigenvalue weighted by atomic mass is 32.1. The molecule has 3 nitrogen and oxygen atoms in total. The van der Waals surface area contributed by atoms with Crippen LogP contribution in [-0.4, -0.2) is 16.1 Å². The van der Waals surface area contributed by atoms with Crippen LogP contribution < -0.4 is 0 Å². The van der Waals surface area contributed by atoms with Gasteiger partial charge in [0.1, 0.15) is 0 Å². The van der Waals surface area contributed by atoms with Crippen molar-refractivity contribution in [2.75, 3.05) is 0 Å². The Hall–Kier alpha value is -0.900. The molecule has 2 unspecified atom stereocenters. The summed E-state index contributed by atoms with van der Waals surface area (Å²) >= 11 is 1.50. The number of aromatic nitrogens is 1. The number of rotatable bonds is 3. The predicted octanol–water partition coefficient (Wildman–Crippen LogP) is 3.53. The van der Waals surface area contributed by atoms with Gasteiger partial charge in [-0.2, -0.15) is 0 Å². The lowest BCUT2D eigenvalue weighted by molar-refractivity contribution is 0.0691. The molecule has 1 fully saturated rings. The van der Waals surface area contributed by atoms with E-state index >= 15 is 0 Å². The van der Waals surface area contributed by atoms with Crippen molar-refractivity contribution in [2.24, 2.45) is 5.92 Å². The van der Waals surface area contributed by atoms with Gasteiger partial charge in [-0.3, -0.25) is 0 Å². The normalized spacial score (nSPS) is 25.6. The fraction of sp³-hybridized carbons (Fsp3) is 0.667. The molecule has 1 aliphatic carbocycles. The van der Waals surface area contributed by atoms with Gasteiger partial charge >= 0.3 is 5.97 Å². The van der Waals surface area contributed by atoms with Gasteiger partial charge in [-0.05, 0) is 18.8 Å². The van der Waals surface area contributed by atoms with Crippen molar-refractivity contribution in [3.8, 4) is 0 Å². The quantitative estimate of drug-likeness (QED) is 0.878. The Kier molecular flexibility index (Phi) is 3.59. The lowest BCUT2D eigenvalue weighted by Gasteiger charge is -2.26. The largest absolute Gasteiger partial charge is 0.476 e. The SMILES string of the molecule is CCC1CCCC(c2nc(C(=O)O)cs2)C1. The van der Waals surface area contributed by atoms with E-state index in [-0.39, 0.29) is 5.69 Å². The van der Waals surface area contributed by atoms with Crippen molar-refractivity contribution >= 4 is 17.3 Å². The molecular weight excluding hydrogens is 222 g/mol. The van der Waals surface area contributed by atoms with E-state index < -0.39 is 5.97 Å². The molecule has 0 aliphatic heterocycles. The average molecular weight is 239 g/mol. The Morgan fingerprint density at radius 1 is 1.62 bits per heavy atom. The molecule has 16 heavy (non-hydrogen) atoms.